The van der Waals surface area contributed by atoms with Crippen molar-refractivity contribution in [3.05, 3.63) is 56.2 Å². The molecule has 0 saturated heterocycles. The Labute approximate surface area is 190 Å². The highest BCUT2D eigenvalue weighted by Gasteiger charge is 2.39. The summed E-state index contributed by atoms with van der Waals surface area (Å²) in [5.74, 6) is -1.42. The molecule has 0 radical (unpaired) electrons. The number of hydrogen-bond donors (Lipinski definition) is 3. The van der Waals surface area contributed by atoms with Crippen molar-refractivity contribution in [3.8, 4) is 0 Å². The third-order valence-electron chi connectivity index (χ3n) is 5.73. The second kappa shape index (κ2) is 10.1. The van der Waals surface area contributed by atoms with Crippen LogP contribution < -0.4 is 11.5 Å². The fraction of sp³-hybridized carbons (Fsp3) is 0.455. The SMILES string of the molecule is COC(=O)C(c1ccccc1Cl)N1CCc2sc(C(N)(CCCCN)C(=O)O)cc2C1. The largest absolute Gasteiger partial charge is 0.480 e. The number of rotatable bonds is 9. The third kappa shape index (κ3) is 4.94. The molecule has 31 heavy (non-hydrogen) atoms. The number of benzene rings is 1. The molecule has 0 fully saturated rings. The van der Waals surface area contributed by atoms with E-state index in [1.54, 1.807) is 6.07 Å². The number of ether oxygens (including phenoxy) is 1. The summed E-state index contributed by atoms with van der Waals surface area (Å²) in [5.41, 5.74) is 12.1. The fourth-order valence-electron chi connectivity index (χ4n) is 3.96. The van der Waals surface area contributed by atoms with E-state index in [4.69, 9.17) is 27.8 Å². The maximum absolute atomic E-state index is 12.6. The number of carboxylic acids is 1. The molecular weight excluding hydrogens is 438 g/mol. The van der Waals surface area contributed by atoms with Crippen LogP contribution in [-0.4, -0.2) is 42.1 Å². The van der Waals surface area contributed by atoms with Gasteiger partial charge in [0, 0.05) is 27.9 Å². The molecule has 0 bridgehead atoms. The number of unbranched alkanes of at least 4 members (excludes halogenated alkanes) is 1. The zero-order chi connectivity index (χ0) is 22.6. The number of fused-ring (bicyclic) bond motifs is 1. The summed E-state index contributed by atoms with van der Waals surface area (Å²) in [6.45, 7) is 1.60. The van der Waals surface area contributed by atoms with Gasteiger partial charge in [-0.15, -0.1) is 11.3 Å². The molecule has 0 aliphatic carbocycles. The summed E-state index contributed by atoms with van der Waals surface area (Å²) < 4.78 is 5.06. The number of nitrogens with two attached hydrogens (primary N) is 2. The molecule has 0 spiro atoms. The van der Waals surface area contributed by atoms with E-state index in [0.717, 1.165) is 16.9 Å². The molecular formula is C22H28ClN3O4S. The van der Waals surface area contributed by atoms with Gasteiger partial charge in [-0.2, -0.15) is 0 Å². The van der Waals surface area contributed by atoms with E-state index in [1.807, 2.05) is 29.2 Å². The molecule has 9 heteroatoms. The van der Waals surface area contributed by atoms with Gasteiger partial charge >= 0.3 is 11.9 Å². The van der Waals surface area contributed by atoms with Crippen molar-refractivity contribution in [1.82, 2.24) is 4.90 Å². The Morgan fingerprint density at radius 1 is 1.35 bits per heavy atom. The lowest BCUT2D eigenvalue weighted by atomic mass is 9.91. The third-order valence-corrected chi connectivity index (χ3v) is 7.49. The average molecular weight is 466 g/mol. The van der Waals surface area contributed by atoms with Crippen LogP contribution >= 0.6 is 22.9 Å². The summed E-state index contributed by atoms with van der Waals surface area (Å²) in [6, 6.07) is 8.47. The Kier molecular flexibility index (Phi) is 7.72. The van der Waals surface area contributed by atoms with Gasteiger partial charge < -0.3 is 21.3 Å². The highest BCUT2D eigenvalue weighted by molar-refractivity contribution is 7.12. The molecule has 2 heterocycles. The number of aliphatic carboxylic acids is 1. The molecule has 7 nitrogen and oxygen atoms in total. The van der Waals surface area contributed by atoms with Crippen LogP contribution in [0.2, 0.25) is 5.02 Å². The Morgan fingerprint density at radius 2 is 2.10 bits per heavy atom. The molecule has 1 aliphatic rings. The summed E-state index contributed by atoms with van der Waals surface area (Å²) in [6.07, 6.45) is 2.39. The summed E-state index contributed by atoms with van der Waals surface area (Å²) in [7, 11) is 1.36. The molecule has 0 saturated carbocycles. The van der Waals surface area contributed by atoms with Crippen LogP contribution in [0.4, 0.5) is 0 Å². The lowest BCUT2D eigenvalue weighted by molar-refractivity contribution is -0.148. The van der Waals surface area contributed by atoms with Gasteiger partial charge in [-0.05, 0) is 55.5 Å². The first-order valence-corrected chi connectivity index (χ1v) is 11.4. The van der Waals surface area contributed by atoms with Gasteiger partial charge in [-0.1, -0.05) is 29.8 Å². The quantitative estimate of drug-likeness (QED) is 0.384. The van der Waals surface area contributed by atoms with Crippen molar-refractivity contribution >= 4 is 34.9 Å². The van der Waals surface area contributed by atoms with Gasteiger partial charge in [0.1, 0.15) is 11.6 Å². The van der Waals surface area contributed by atoms with Crippen molar-refractivity contribution in [1.29, 1.82) is 0 Å². The van der Waals surface area contributed by atoms with E-state index < -0.39 is 17.6 Å². The first-order valence-electron chi connectivity index (χ1n) is 10.2. The zero-order valence-corrected chi connectivity index (χ0v) is 19.0. The van der Waals surface area contributed by atoms with Gasteiger partial charge in [0.2, 0.25) is 0 Å². The van der Waals surface area contributed by atoms with E-state index in [-0.39, 0.29) is 5.97 Å². The normalized spacial score (nSPS) is 16.9. The second-order valence-corrected chi connectivity index (χ2v) is 9.29. The van der Waals surface area contributed by atoms with Crippen molar-refractivity contribution < 1.29 is 19.4 Å². The molecule has 1 aromatic heterocycles. The molecule has 5 N–H and O–H groups in total. The van der Waals surface area contributed by atoms with Crippen molar-refractivity contribution in [2.45, 2.75) is 43.8 Å². The van der Waals surface area contributed by atoms with E-state index in [0.29, 0.717) is 54.4 Å². The van der Waals surface area contributed by atoms with E-state index >= 15 is 0 Å². The first-order chi connectivity index (χ1) is 14.8. The highest BCUT2D eigenvalue weighted by Crippen LogP contribution is 2.39. The number of thiophene rings is 1. The van der Waals surface area contributed by atoms with Crippen LogP contribution in [0.3, 0.4) is 0 Å². The van der Waals surface area contributed by atoms with Crippen molar-refractivity contribution in [2.24, 2.45) is 11.5 Å². The second-order valence-electron chi connectivity index (χ2n) is 7.75. The van der Waals surface area contributed by atoms with E-state index in [2.05, 4.69) is 0 Å². The van der Waals surface area contributed by atoms with Crippen LogP contribution in [0.25, 0.3) is 0 Å². The molecule has 3 rings (SSSR count). The number of carboxylic acid groups (broad SMARTS) is 1. The van der Waals surface area contributed by atoms with Gasteiger partial charge in [0.15, 0.2) is 0 Å². The Balaban J connectivity index is 1.89. The maximum Gasteiger partial charge on any atom is 0.329 e. The summed E-state index contributed by atoms with van der Waals surface area (Å²) in [4.78, 5) is 28.4. The van der Waals surface area contributed by atoms with E-state index in [1.165, 1.54) is 18.4 Å². The monoisotopic (exact) mass is 465 g/mol. The highest BCUT2D eigenvalue weighted by atomic mass is 35.5. The maximum atomic E-state index is 12.6. The topological polar surface area (TPSA) is 119 Å². The van der Waals surface area contributed by atoms with E-state index in [9.17, 15) is 14.7 Å². The van der Waals surface area contributed by atoms with Gasteiger partial charge in [-0.25, -0.2) is 9.59 Å². The molecule has 2 aromatic rings. The summed E-state index contributed by atoms with van der Waals surface area (Å²) >= 11 is 7.83. The van der Waals surface area contributed by atoms with Crippen LogP contribution in [0.15, 0.2) is 30.3 Å². The Bertz CT molecular complexity index is 951. The summed E-state index contributed by atoms with van der Waals surface area (Å²) in [5, 5.41) is 10.3. The minimum Gasteiger partial charge on any atom is -0.480 e. The number of halogens is 1. The molecule has 1 aliphatic heterocycles. The number of carbonyl (C=O) groups excluding carboxylic acids is 1. The standard InChI is InChI=1S/C22H28ClN3O4S/c1-30-20(27)19(15-6-2-3-7-16(15)23)26-11-8-17-14(13-26)12-18(31-17)22(25,21(28)29)9-4-5-10-24/h2-3,6-7,12,19H,4-5,8-11,13,24-25H2,1H3,(H,28,29). The molecule has 1 aromatic carbocycles. The number of nitrogens with zero attached hydrogens (tertiary/aromatic N) is 1. The number of hydrogen-bond acceptors (Lipinski definition) is 7. The van der Waals surface area contributed by atoms with Crippen molar-refractivity contribution in [2.75, 3.05) is 20.2 Å². The predicted molar refractivity (Wildman–Crippen MR) is 121 cm³/mol. The lowest BCUT2D eigenvalue weighted by Crippen LogP contribution is -2.44. The molecule has 2 atom stereocenters. The van der Waals surface area contributed by atoms with Gasteiger partial charge in [0.05, 0.1) is 7.11 Å². The fourth-order valence-corrected chi connectivity index (χ4v) is 5.49. The van der Waals surface area contributed by atoms with Gasteiger partial charge in [-0.3, -0.25) is 4.90 Å². The number of esters is 1. The van der Waals surface area contributed by atoms with Gasteiger partial charge in [0.25, 0.3) is 0 Å². The van der Waals surface area contributed by atoms with Crippen molar-refractivity contribution in [3.63, 3.8) is 0 Å². The Morgan fingerprint density at radius 3 is 2.74 bits per heavy atom. The first kappa shape index (κ1) is 23.7. The van der Waals surface area contributed by atoms with Crippen LogP contribution in [0.5, 0.6) is 0 Å². The Hall–Kier alpha value is -1.97. The molecule has 2 unspecified atom stereocenters. The lowest BCUT2D eigenvalue weighted by Gasteiger charge is -2.33. The molecule has 0 amide bonds. The van der Waals surface area contributed by atoms with Crippen LogP contribution in [0.1, 0.15) is 46.2 Å². The number of methoxy groups -OCH3 is 1. The minimum absolute atomic E-state index is 0.326. The zero-order valence-electron chi connectivity index (χ0n) is 17.5. The number of carbonyl (C=O) groups is 2. The molecule has 168 valence electrons. The van der Waals surface area contributed by atoms with Crippen LogP contribution in [-0.2, 0) is 32.8 Å². The average Bonchev–Trinajstić information content (AvgIpc) is 3.19. The predicted octanol–water partition coefficient (Wildman–Crippen LogP) is 3.04. The minimum atomic E-state index is -1.44. The smallest absolute Gasteiger partial charge is 0.329 e. The van der Waals surface area contributed by atoms with Crippen LogP contribution in [0, 0.1) is 0 Å².